The van der Waals surface area contributed by atoms with E-state index in [1.165, 1.54) is 7.11 Å². The van der Waals surface area contributed by atoms with Crippen molar-refractivity contribution in [2.75, 3.05) is 12.8 Å². The average molecular weight is 262 g/mol. The van der Waals surface area contributed by atoms with Crippen molar-refractivity contribution in [2.45, 2.75) is 0 Å². The predicted molar refractivity (Wildman–Crippen MR) is 66.0 cm³/mol. The van der Waals surface area contributed by atoms with E-state index in [1.54, 1.807) is 18.5 Å². The Labute approximate surface area is 108 Å². The molecule has 2 aromatic rings. The number of pyridine rings is 1. The zero-order valence-electron chi connectivity index (χ0n) is 9.38. The normalized spacial score (nSPS) is 9.83. The van der Waals surface area contributed by atoms with Crippen LogP contribution in [-0.4, -0.2) is 22.1 Å². The van der Waals surface area contributed by atoms with E-state index in [4.69, 9.17) is 27.3 Å². The van der Waals surface area contributed by atoms with Gasteiger partial charge in [-0.1, -0.05) is 11.6 Å². The van der Waals surface area contributed by atoms with E-state index in [-0.39, 0.29) is 16.7 Å². The number of aromatic nitrogens is 3. The van der Waals surface area contributed by atoms with Crippen LogP contribution in [0.2, 0.25) is 5.15 Å². The minimum Gasteiger partial charge on any atom is -0.495 e. The highest BCUT2D eigenvalue weighted by Crippen LogP contribution is 2.27. The molecule has 18 heavy (non-hydrogen) atoms. The highest BCUT2D eigenvalue weighted by Gasteiger charge is 2.14. The summed E-state index contributed by atoms with van der Waals surface area (Å²) in [5, 5.41) is 9.09. The zero-order chi connectivity index (χ0) is 13.1. The summed E-state index contributed by atoms with van der Waals surface area (Å²) in [6.45, 7) is 0. The van der Waals surface area contributed by atoms with Gasteiger partial charge in [-0.15, -0.1) is 0 Å². The van der Waals surface area contributed by atoms with Crippen LogP contribution in [0, 0.1) is 11.3 Å². The lowest BCUT2D eigenvalue weighted by molar-refractivity contribution is 0.413. The van der Waals surface area contributed by atoms with E-state index in [9.17, 15) is 0 Å². The second kappa shape index (κ2) is 4.85. The molecule has 0 amide bonds. The number of anilines is 1. The summed E-state index contributed by atoms with van der Waals surface area (Å²) in [6.07, 6.45) is 3.09. The summed E-state index contributed by atoms with van der Waals surface area (Å²) >= 11 is 5.85. The molecule has 0 aliphatic rings. The Morgan fingerprint density at radius 1 is 1.39 bits per heavy atom. The van der Waals surface area contributed by atoms with Gasteiger partial charge < -0.3 is 10.5 Å². The molecular weight excluding hydrogens is 254 g/mol. The Hall–Kier alpha value is -2.39. The second-order valence-corrected chi connectivity index (χ2v) is 3.68. The van der Waals surface area contributed by atoms with Gasteiger partial charge in [0.15, 0.2) is 5.15 Å². The van der Waals surface area contributed by atoms with Crippen molar-refractivity contribution in [3.05, 3.63) is 29.2 Å². The predicted octanol–water partition coefficient (Wildman–Crippen LogP) is 1.65. The van der Waals surface area contributed by atoms with E-state index < -0.39 is 0 Å². The molecule has 0 saturated heterocycles. The molecule has 0 aliphatic heterocycles. The van der Waals surface area contributed by atoms with Gasteiger partial charge in [0, 0.05) is 11.8 Å². The molecule has 2 N–H and O–H groups in total. The summed E-state index contributed by atoms with van der Waals surface area (Å²) in [6, 6.07) is 3.63. The summed E-state index contributed by atoms with van der Waals surface area (Å²) in [5.41, 5.74) is 6.60. The minimum atomic E-state index is -0.00294. The highest BCUT2D eigenvalue weighted by atomic mass is 35.5. The molecule has 0 bridgehead atoms. The molecule has 0 spiro atoms. The molecule has 7 heteroatoms. The lowest BCUT2D eigenvalue weighted by Crippen LogP contribution is -2.01. The molecule has 0 unspecified atom stereocenters. The summed E-state index contributed by atoms with van der Waals surface area (Å²) in [7, 11) is 1.52. The van der Waals surface area contributed by atoms with Crippen molar-refractivity contribution in [1.29, 1.82) is 5.26 Å². The van der Waals surface area contributed by atoms with Crippen LogP contribution in [0.1, 0.15) is 5.56 Å². The van der Waals surface area contributed by atoms with Crippen molar-refractivity contribution in [3.8, 4) is 23.1 Å². The Morgan fingerprint density at radius 2 is 2.17 bits per heavy atom. The average Bonchev–Trinajstić information content (AvgIpc) is 2.38. The molecule has 2 aromatic heterocycles. The van der Waals surface area contributed by atoms with Crippen molar-refractivity contribution in [1.82, 2.24) is 15.0 Å². The lowest BCUT2D eigenvalue weighted by Gasteiger charge is -2.06. The van der Waals surface area contributed by atoms with E-state index in [0.717, 1.165) is 0 Å². The first-order chi connectivity index (χ1) is 8.65. The molecule has 0 atom stereocenters. The molecule has 90 valence electrons. The van der Waals surface area contributed by atoms with Gasteiger partial charge in [-0.2, -0.15) is 10.2 Å². The number of nitrogen functional groups attached to an aromatic ring is 1. The second-order valence-electron chi connectivity index (χ2n) is 3.32. The lowest BCUT2D eigenvalue weighted by atomic mass is 10.1. The number of halogens is 1. The number of nitriles is 1. The number of methoxy groups -OCH3 is 1. The molecule has 0 fully saturated rings. The number of rotatable bonds is 2. The summed E-state index contributed by atoms with van der Waals surface area (Å²) in [4.78, 5) is 11.7. The number of ether oxygens (including phenoxy) is 1. The van der Waals surface area contributed by atoms with Crippen molar-refractivity contribution >= 4 is 17.5 Å². The Morgan fingerprint density at radius 3 is 2.83 bits per heavy atom. The highest BCUT2D eigenvalue weighted by molar-refractivity contribution is 6.31. The fourth-order valence-electron chi connectivity index (χ4n) is 1.42. The number of nitrogens with zero attached hydrogens (tertiary/aromatic N) is 4. The topological polar surface area (TPSA) is 97.7 Å². The van der Waals surface area contributed by atoms with Gasteiger partial charge in [0.1, 0.15) is 17.4 Å². The van der Waals surface area contributed by atoms with Gasteiger partial charge in [-0.3, -0.25) is 4.98 Å². The Balaban J connectivity index is 2.66. The number of hydrogen-bond acceptors (Lipinski definition) is 6. The summed E-state index contributed by atoms with van der Waals surface area (Å²) in [5.74, 6) is 0.543. The third kappa shape index (κ3) is 2.17. The van der Waals surface area contributed by atoms with Gasteiger partial charge >= 0.3 is 0 Å². The van der Waals surface area contributed by atoms with Crippen LogP contribution in [0.3, 0.4) is 0 Å². The van der Waals surface area contributed by atoms with E-state index >= 15 is 0 Å². The first kappa shape index (κ1) is 12.1. The third-order valence-corrected chi connectivity index (χ3v) is 2.49. The molecule has 2 heterocycles. The summed E-state index contributed by atoms with van der Waals surface area (Å²) < 4.78 is 5.06. The minimum absolute atomic E-state index is 0.00294. The maximum Gasteiger partial charge on any atom is 0.222 e. The Kier molecular flexibility index (Phi) is 3.26. The standard InChI is InChI=1S/C11H8ClN5O/c1-18-7-2-6(4-15-5-7)9-8(3-13)10(12)17-11(14)16-9/h2,4-5H,1H3,(H2,14,16,17). The third-order valence-electron chi connectivity index (χ3n) is 2.22. The van der Waals surface area contributed by atoms with Crippen molar-refractivity contribution < 1.29 is 4.74 Å². The van der Waals surface area contributed by atoms with Gasteiger partial charge in [0.2, 0.25) is 5.95 Å². The monoisotopic (exact) mass is 261 g/mol. The fraction of sp³-hybridized carbons (Fsp3) is 0.0909. The molecule has 0 radical (unpaired) electrons. The van der Waals surface area contributed by atoms with Gasteiger partial charge in [0.05, 0.1) is 19.0 Å². The smallest absolute Gasteiger partial charge is 0.222 e. The molecular formula is C11H8ClN5O. The quantitative estimate of drug-likeness (QED) is 0.826. The maximum absolute atomic E-state index is 9.07. The van der Waals surface area contributed by atoms with Crippen LogP contribution < -0.4 is 10.5 Å². The van der Waals surface area contributed by atoms with Crippen LogP contribution in [0.5, 0.6) is 5.75 Å². The van der Waals surface area contributed by atoms with Gasteiger partial charge in [-0.05, 0) is 6.07 Å². The molecule has 6 nitrogen and oxygen atoms in total. The van der Waals surface area contributed by atoms with E-state index in [0.29, 0.717) is 17.0 Å². The first-order valence-electron chi connectivity index (χ1n) is 4.88. The van der Waals surface area contributed by atoms with E-state index in [1.807, 2.05) is 6.07 Å². The van der Waals surface area contributed by atoms with Crippen LogP contribution >= 0.6 is 11.6 Å². The molecule has 0 aliphatic carbocycles. The van der Waals surface area contributed by atoms with Gasteiger partial charge in [-0.25, -0.2) is 4.98 Å². The SMILES string of the molecule is COc1cncc(-c2nc(N)nc(Cl)c2C#N)c1. The molecule has 2 rings (SSSR count). The Bertz CT molecular complexity index is 638. The van der Waals surface area contributed by atoms with Crippen LogP contribution in [0.15, 0.2) is 18.5 Å². The maximum atomic E-state index is 9.07. The van der Waals surface area contributed by atoms with Crippen molar-refractivity contribution in [2.24, 2.45) is 0 Å². The zero-order valence-corrected chi connectivity index (χ0v) is 10.1. The van der Waals surface area contributed by atoms with Crippen LogP contribution in [0.4, 0.5) is 5.95 Å². The van der Waals surface area contributed by atoms with Crippen LogP contribution in [-0.2, 0) is 0 Å². The van der Waals surface area contributed by atoms with E-state index in [2.05, 4.69) is 15.0 Å². The number of nitrogens with two attached hydrogens (primary N) is 1. The fourth-order valence-corrected chi connectivity index (χ4v) is 1.64. The first-order valence-corrected chi connectivity index (χ1v) is 5.26. The largest absolute Gasteiger partial charge is 0.495 e. The number of hydrogen-bond donors (Lipinski definition) is 1. The molecule has 0 aromatic carbocycles. The van der Waals surface area contributed by atoms with Gasteiger partial charge in [0.25, 0.3) is 0 Å². The van der Waals surface area contributed by atoms with Crippen molar-refractivity contribution in [3.63, 3.8) is 0 Å². The molecule has 0 saturated carbocycles. The van der Waals surface area contributed by atoms with Crippen LogP contribution in [0.25, 0.3) is 11.3 Å².